The lowest BCUT2D eigenvalue weighted by atomic mass is 10.3. The molecule has 0 amide bonds. The molecule has 0 saturated carbocycles. The number of allylic oxidation sites excluding steroid dienone is 1. The van der Waals surface area contributed by atoms with E-state index in [1.807, 2.05) is 43.3 Å². The van der Waals surface area contributed by atoms with Crippen molar-refractivity contribution in [2.24, 2.45) is 0 Å². The molecule has 0 N–H and O–H groups in total. The van der Waals surface area contributed by atoms with Gasteiger partial charge in [0.15, 0.2) is 0 Å². The summed E-state index contributed by atoms with van der Waals surface area (Å²) in [6, 6.07) is 9.66. The Hall–Kier alpha value is -0.950. The van der Waals surface area contributed by atoms with Gasteiger partial charge in [0.2, 0.25) is 0 Å². The molecule has 1 aromatic rings. The molecule has 1 rings (SSSR count). The van der Waals surface area contributed by atoms with Gasteiger partial charge in [-0.1, -0.05) is 29.8 Å². The van der Waals surface area contributed by atoms with Crippen molar-refractivity contribution in [3.05, 3.63) is 41.4 Å². The number of rotatable bonds is 3. The monoisotopic (exact) mass is 182 g/mol. The summed E-state index contributed by atoms with van der Waals surface area (Å²) in [7, 11) is 0. The molecule has 0 aliphatic carbocycles. The molecule has 0 heterocycles. The molecule has 0 atom stereocenters. The molecule has 12 heavy (non-hydrogen) atoms. The number of halogens is 1. The highest BCUT2D eigenvalue weighted by atomic mass is 35.5. The van der Waals surface area contributed by atoms with Crippen LogP contribution in [-0.2, 0) is 0 Å². The largest absolute Gasteiger partial charge is 0.489 e. The molecule has 0 unspecified atom stereocenters. The van der Waals surface area contributed by atoms with Crippen LogP contribution in [0.4, 0.5) is 0 Å². The average molecular weight is 183 g/mol. The summed E-state index contributed by atoms with van der Waals surface area (Å²) in [6.07, 6.45) is 1.83. The molecular weight excluding hydrogens is 172 g/mol. The van der Waals surface area contributed by atoms with E-state index >= 15 is 0 Å². The van der Waals surface area contributed by atoms with Gasteiger partial charge in [-0.05, 0) is 25.1 Å². The van der Waals surface area contributed by atoms with Crippen LogP contribution in [0.25, 0.3) is 0 Å². The molecule has 1 nitrogen and oxygen atoms in total. The molecular formula is C10H11ClO. The van der Waals surface area contributed by atoms with Gasteiger partial charge in [-0.15, -0.1) is 0 Å². The van der Waals surface area contributed by atoms with Gasteiger partial charge in [-0.2, -0.15) is 0 Å². The molecule has 0 aliphatic rings. The second-order valence-corrected chi connectivity index (χ2v) is 3.01. The normalized spacial score (nSPS) is 11.3. The lowest BCUT2D eigenvalue weighted by Crippen LogP contribution is -1.92. The third-order valence-electron chi connectivity index (χ3n) is 1.36. The van der Waals surface area contributed by atoms with E-state index in [1.165, 1.54) is 0 Å². The Balaban J connectivity index is 2.39. The van der Waals surface area contributed by atoms with Crippen LogP contribution in [-0.4, -0.2) is 6.61 Å². The van der Waals surface area contributed by atoms with Crippen LogP contribution in [0.1, 0.15) is 6.92 Å². The summed E-state index contributed by atoms with van der Waals surface area (Å²) >= 11 is 5.63. The van der Waals surface area contributed by atoms with Gasteiger partial charge in [0.1, 0.15) is 12.4 Å². The minimum Gasteiger partial charge on any atom is -0.489 e. The molecule has 0 radical (unpaired) electrons. The second kappa shape index (κ2) is 4.83. The van der Waals surface area contributed by atoms with Gasteiger partial charge < -0.3 is 4.74 Å². The summed E-state index contributed by atoms with van der Waals surface area (Å²) < 4.78 is 5.36. The molecule has 0 aromatic heterocycles. The maximum Gasteiger partial charge on any atom is 0.119 e. The van der Waals surface area contributed by atoms with Crippen LogP contribution in [0, 0.1) is 0 Å². The highest BCUT2D eigenvalue weighted by Gasteiger charge is 1.87. The van der Waals surface area contributed by atoms with E-state index in [9.17, 15) is 0 Å². The first-order valence-corrected chi connectivity index (χ1v) is 4.17. The van der Waals surface area contributed by atoms with Crippen LogP contribution >= 0.6 is 11.6 Å². The minimum absolute atomic E-state index is 0.527. The van der Waals surface area contributed by atoms with Gasteiger partial charge in [0, 0.05) is 5.03 Å². The predicted octanol–water partition coefficient (Wildman–Crippen LogP) is 3.21. The maximum absolute atomic E-state index is 5.63. The fraction of sp³-hybridized carbons (Fsp3) is 0.200. The maximum atomic E-state index is 5.63. The first-order valence-electron chi connectivity index (χ1n) is 3.79. The van der Waals surface area contributed by atoms with Crippen molar-refractivity contribution in [3.63, 3.8) is 0 Å². The Morgan fingerprint density at radius 2 is 2.08 bits per heavy atom. The molecule has 0 fully saturated rings. The SMILES string of the molecule is CC(Cl)=CCOc1ccccc1. The molecule has 0 saturated heterocycles. The third kappa shape index (κ3) is 3.44. The van der Waals surface area contributed by atoms with Crippen molar-refractivity contribution in [1.29, 1.82) is 0 Å². The summed E-state index contributed by atoms with van der Waals surface area (Å²) in [5, 5.41) is 0.755. The summed E-state index contributed by atoms with van der Waals surface area (Å²) in [5.74, 6) is 0.867. The standard InChI is InChI=1S/C10H11ClO/c1-9(11)7-8-12-10-5-3-2-4-6-10/h2-7H,8H2,1H3. The fourth-order valence-electron chi connectivity index (χ4n) is 0.769. The van der Waals surface area contributed by atoms with Gasteiger partial charge in [0.05, 0.1) is 0 Å². The van der Waals surface area contributed by atoms with Crippen molar-refractivity contribution in [3.8, 4) is 5.75 Å². The predicted molar refractivity (Wildman–Crippen MR) is 51.5 cm³/mol. The van der Waals surface area contributed by atoms with Crippen molar-refractivity contribution >= 4 is 11.6 Å². The average Bonchev–Trinajstić information content (AvgIpc) is 2.05. The van der Waals surface area contributed by atoms with E-state index in [0.29, 0.717) is 6.61 Å². The lowest BCUT2D eigenvalue weighted by Gasteiger charge is -2.01. The van der Waals surface area contributed by atoms with E-state index in [0.717, 1.165) is 10.8 Å². The van der Waals surface area contributed by atoms with Crippen LogP contribution in [0.5, 0.6) is 5.75 Å². The van der Waals surface area contributed by atoms with Crippen LogP contribution in [0.2, 0.25) is 0 Å². The Kier molecular flexibility index (Phi) is 3.68. The van der Waals surface area contributed by atoms with Crippen molar-refractivity contribution < 1.29 is 4.74 Å². The van der Waals surface area contributed by atoms with E-state index < -0.39 is 0 Å². The van der Waals surface area contributed by atoms with Crippen molar-refractivity contribution in [2.75, 3.05) is 6.61 Å². The van der Waals surface area contributed by atoms with Crippen LogP contribution < -0.4 is 4.74 Å². The number of benzene rings is 1. The summed E-state index contributed by atoms with van der Waals surface area (Å²) in [6.45, 7) is 2.36. The molecule has 1 aromatic carbocycles. The smallest absolute Gasteiger partial charge is 0.119 e. The van der Waals surface area contributed by atoms with Gasteiger partial charge in [-0.25, -0.2) is 0 Å². The highest BCUT2D eigenvalue weighted by molar-refractivity contribution is 6.29. The van der Waals surface area contributed by atoms with E-state index in [1.54, 1.807) is 0 Å². The topological polar surface area (TPSA) is 9.23 Å². The Labute approximate surface area is 77.6 Å². The van der Waals surface area contributed by atoms with E-state index in [4.69, 9.17) is 16.3 Å². The number of hydrogen-bond donors (Lipinski definition) is 0. The Morgan fingerprint density at radius 1 is 1.42 bits per heavy atom. The number of para-hydroxylation sites is 1. The third-order valence-corrected chi connectivity index (χ3v) is 1.51. The number of ether oxygens (including phenoxy) is 1. The summed E-state index contributed by atoms with van der Waals surface area (Å²) in [5.41, 5.74) is 0. The second-order valence-electron chi connectivity index (χ2n) is 2.41. The summed E-state index contributed by atoms with van der Waals surface area (Å²) in [4.78, 5) is 0. The zero-order chi connectivity index (χ0) is 8.81. The first kappa shape index (κ1) is 9.14. The van der Waals surface area contributed by atoms with Crippen LogP contribution in [0.3, 0.4) is 0 Å². The van der Waals surface area contributed by atoms with E-state index in [2.05, 4.69) is 0 Å². The Morgan fingerprint density at radius 3 is 2.67 bits per heavy atom. The van der Waals surface area contributed by atoms with Gasteiger partial charge >= 0.3 is 0 Å². The minimum atomic E-state index is 0.527. The van der Waals surface area contributed by atoms with Crippen LogP contribution in [0.15, 0.2) is 41.4 Å². The molecule has 0 spiro atoms. The quantitative estimate of drug-likeness (QED) is 0.698. The van der Waals surface area contributed by atoms with Crippen molar-refractivity contribution in [1.82, 2.24) is 0 Å². The Bertz CT molecular complexity index is 250. The first-order chi connectivity index (χ1) is 5.79. The molecule has 0 aliphatic heterocycles. The van der Waals surface area contributed by atoms with Gasteiger partial charge in [-0.3, -0.25) is 0 Å². The van der Waals surface area contributed by atoms with Gasteiger partial charge in [0.25, 0.3) is 0 Å². The van der Waals surface area contributed by atoms with E-state index in [-0.39, 0.29) is 0 Å². The molecule has 0 bridgehead atoms. The molecule has 2 heteroatoms. The zero-order valence-corrected chi connectivity index (χ0v) is 7.71. The zero-order valence-electron chi connectivity index (χ0n) is 6.96. The molecule has 64 valence electrons. The number of hydrogen-bond acceptors (Lipinski definition) is 1. The van der Waals surface area contributed by atoms with Crippen molar-refractivity contribution in [2.45, 2.75) is 6.92 Å². The lowest BCUT2D eigenvalue weighted by molar-refractivity contribution is 0.362. The fourth-order valence-corrected chi connectivity index (χ4v) is 0.832. The highest BCUT2D eigenvalue weighted by Crippen LogP contribution is 2.08.